The van der Waals surface area contributed by atoms with Gasteiger partial charge in [-0.15, -0.1) is 6.58 Å². The van der Waals surface area contributed by atoms with E-state index in [0.29, 0.717) is 5.56 Å². The molecule has 0 aliphatic rings. The third kappa shape index (κ3) is 3.36. The predicted molar refractivity (Wildman–Crippen MR) is 87.4 cm³/mol. The van der Waals surface area contributed by atoms with Crippen molar-refractivity contribution in [2.45, 2.75) is 0 Å². The number of carboxylic acids is 1. The number of H-pyrrole nitrogens is 1. The summed E-state index contributed by atoms with van der Waals surface area (Å²) in [5.74, 6) is -1.41. The van der Waals surface area contributed by atoms with Gasteiger partial charge in [0.1, 0.15) is 6.54 Å². The summed E-state index contributed by atoms with van der Waals surface area (Å²) in [4.78, 5) is 27.6. The molecule has 1 aromatic heterocycles. The van der Waals surface area contributed by atoms with Gasteiger partial charge in [0.15, 0.2) is 0 Å². The van der Waals surface area contributed by atoms with Crippen LogP contribution in [-0.4, -0.2) is 40.0 Å². The maximum absolute atomic E-state index is 12.5. The molecule has 21 heavy (non-hydrogen) atoms. The zero-order chi connectivity index (χ0) is 15.6. The smallest absolute Gasteiger partial charge is 0.323 e. The molecule has 110 valence electrons. The number of aromatic amines is 1. The van der Waals surface area contributed by atoms with Crippen LogP contribution in [0.5, 0.6) is 0 Å². The number of nitrogens with one attached hydrogen (secondary N) is 1. The lowest BCUT2D eigenvalue weighted by Crippen LogP contribution is -2.35. The normalized spacial score (nSPS) is 10.6. The Bertz CT molecular complexity index is 724. The number of rotatable bonds is 5. The Balaban J connectivity index is 2.44. The minimum atomic E-state index is -1.06. The molecule has 1 aromatic carbocycles. The number of benzene rings is 1. The van der Waals surface area contributed by atoms with E-state index in [2.05, 4.69) is 43.4 Å². The number of hydrogen-bond donors (Lipinski definition) is 2. The molecule has 0 radical (unpaired) electrons. The highest BCUT2D eigenvalue weighted by atomic mass is 79.9. The van der Waals surface area contributed by atoms with Crippen LogP contribution in [0.3, 0.4) is 0 Å². The number of carbonyl (C=O) groups is 2. The van der Waals surface area contributed by atoms with Crippen molar-refractivity contribution in [3.63, 3.8) is 0 Å². The Morgan fingerprint density at radius 1 is 1.33 bits per heavy atom. The third-order valence-electron chi connectivity index (χ3n) is 2.92. The van der Waals surface area contributed by atoms with E-state index in [9.17, 15) is 9.59 Å². The molecule has 1 heterocycles. The molecule has 2 N–H and O–H groups in total. The molecule has 0 fully saturated rings. The summed E-state index contributed by atoms with van der Waals surface area (Å²) in [6.45, 7) is 3.36. The van der Waals surface area contributed by atoms with Crippen LogP contribution in [-0.2, 0) is 4.79 Å². The van der Waals surface area contributed by atoms with Gasteiger partial charge in [0, 0.05) is 32.6 Å². The van der Waals surface area contributed by atoms with Crippen LogP contribution >= 0.6 is 31.9 Å². The molecular formula is C14H12Br2N2O3. The largest absolute Gasteiger partial charge is 0.480 e. The highest BCUT2D eigenvalue weighted by Gasteiger charge is 2.21. The fraction of sp³-hybridized carbons (Fsp3) is 0.143. The van der Waals surface area contributed by atoms with E-state index in [-0.39, 0.29) is 19.0 Å². The van der Waals surface area contributed by atoms with Gasteiger partial charge in [-0.1, -0.05) is 6.08 Å². The number of carboxylic acid groups (broad SMARTS) is 1. The van der Waals surface area contributed by atoms with Crippen molar-refractivity contribution in [3.05, 3.63) is 45.5 Å². The van der Waals surface area contributed by atoms with Crippen LogP contribution in [0.2, 0.25) is 0 Å². The summed E-state index contributed by atoms with van der Waals surface area (Å²) in [5.41, 5.74) is 1.23. The first-order chi connectivity index (χ1) is 9.93. The van der Waals surface area contributed by atoms with Crippen molar-refractivity contribution >= 4 is 54.6 Å². The minimum Gasteiger partial charge on any atom is -0.480 e. The average Bonchev–Trinajstić information content (AvgIpc) is 2.80. The topological polar surface area (TPSA) is 73.4 Å². The summed E-state index contributed by atoms with van der Waals surface area (Å²) < 4.78 is 1.68. The van der Waals surface area contributed by atoms with Crippen LogP contribution in [0.4, 0.5) is 0 Å². The van der Waals surface area contributed by atoms with Crippen molar-refractivity contribution < 1.29 is 14.7 Å². The zero-order valence-corrected chi connectivity index (χ0v) is 14.1. The maximum Gasteiger partial charge on any atom is 0.323 e. The Morgan fingerprint density at radius 2 is 2.00 bits per heavy atom. The van der Waals surface area contributed by atoms with Crippen LogP contribution in [0.25, 0.3) is 10.9 Å². The minimum absolute atomic E-state index is 0.176. The van der Waals surface area contributed by atoms with E-state index in [1.807, 2.05) is 12.1 Å². The molecule has 0 aliphatic heterocycles. The van der Waals surface area contributed by atoms with Gasteiger partial charge in [0.25, 0.3) is 5.91 Å². The maximum atomic E-state index is 12.5. The van der Waals surface area contributed by atoms with Crippen molar-refractivity contribution in [2.24, 2.45) is 0 Å². The van der Waals surface area contributed by atoms with Gasteiger partial charge in [0.05, 0.1) is 5.56 Å². The fourth-order valence-electron chi connectivity index (χ4n) is 2.00. The van der Waals surface area contributed by atoms with Gasteiger partial charge in [0.2, 0.25) is 0 Å². The van der Waals surface area contributed by atoms with Gasteiger partial charge in [-0.3, -0.25) is 9.59 Å². The number of carbonyl (C=O) groups excluding carboxylic acids is 1. The summed E-state index contributed by atoms with van der Waals surface area (Å²) >= 11 is 6.79. The van der Waals surface area contributed by atoms with Gasteiger partial charge < -0.3 is 15.0 Å². The van der Waals surface area contributed by atoms with Crippen molar-refractivity contribution in [3.8, 4) is 0 Å². The molecule has 0 spiro atoms. The molecule has 2 aromatic rings. The molecule has 0 aliphatic carbocycles. The predicted octanol–water partition coefficient (Wildman–Crippen LogP) is 3.41. The molecule has 0 saturated carbocycles. The van der Waals surface area contributed by atoms with Crippen LogP contribution < -0.4 is 0 Å². The Hall–Kier alpha value is -1.60. The molecule has 0 atom stereocenters. The van der Waals surface area contributed by atoms with E-state index in [0.717, 1.165) is 19.8 Å². The number of aliphatic carboxylic acids is 1. The highest BCUT2D eigenvalue weighted by molar-refractivity contribution is 9.13. The standard InChI is InChI=1S/C14H12Br2N2O3/c1-2-3-18(7-13(19)20)14(21)9-6-17-12-5-11(16)10(15)4-8(9)12/h2,4-6,17H,1,3,7H2,(H,19,20). The second kappa shape index (κ2) is 6.44. The quantitative estimate of drug-likeness (QED) is 0.735. The molecule has 7 heteroatoms. The SMILES string of the molecule is C=CCN(CC(=O)O)C(=O)c1c[nH]c2cc(Br)c(Br)cc12. The molecule has 2 rings (SSSR count). The lowest BCUT2D eigenvalue weighted by Gasteiger charge is -2.18. The Labute approximate surface area is 137 Å². The Morgan fingerprint density at radius 3 is 2.62 bits per heavy atom. The Kier molecular flexibility index (Phi) is 4.84. The van der Waals surface area contributed by atoms with E-state index in [4.69, 9.17) is 5.11 Å². The number of aromatic nitrogens is 1. The summed E-state index contributed by atoms with van der Waals surface area (Å²) in [6.07, 6.45) is 3.09. The number of halogens is 2. The first kappa shape index (κ1) is 15.8. The molecule has 1 amide bonds. The summed E-state index contributed by atoms with van der Waals surface area (Å²) in [7, 11) is 0. The summed E-state index contributed by atoms with van der Waals surface area (Å²) in [5, 5.41) is 9.63. The molecular weight excluding hydrogens is 404 g/mol. The average molecular weight is 416 g/mol. The summed E-state index contributed by atoms with van der Waals surface area (Å²) in [6, 6.07) is 3.67. The van der Waals surface area contributed by atoms with Crippen LogP contribution in [0, 0.1) is 0 Å². The van der Waals surface area contributed by atoms with Crippen molar-refractivity contribution in [1.82, 2.24) is 9.88 Å². The fourth-order valence-corrected chi connectivity index (χ4v) is 2.69. The first-order valence-electron chi connectivity index (χ1n) is 6.02. The van der Waals surface area contributed by atoms with Crippen molar-refractivity contribution in [2.75, 3.05) is 13.1 Å². The highest BCUT2D eigenvalue weighted by Crippen LogP contribution is 2.30. The third-order valence-corrected chi connectivity index (χ3v) is 4.76. The van der Waals surface area contributed by atoms with E-state index in [1.54, 1.807) is 6.20 Å². The number of fused-ring (bicyclic) bond motifs is 1. The van der Waals surface area contributed by atoms with Gasteiger partial charge >= 0.3 is 5.97 Å². The van der Waals surface area contributed by atoms with Crippen molar-refractivity contribution in [1.29, 1.82) is 0 Å². The lowest BCUT2D eigenvalue weighted by atomic mass is 10.1. The van der Waals surface area contributed by atoms with Crippen LogP contribution in [0.15, 0.2) is 39.9 Å². The van der Waals surface area contributed by atoms with Gasteiger partial charge in [-0.05, 0) is 44.0 Å². The lowest BCUT2D eigenvalue weighted by molar-refractivity contribution is -0.137. The molecule has 0 bridgehead atoms. The van der Waals surface area contributed by atoms with E-state index < -0.39 is 5.97 Å². The number of hydrogen-bond acceptors (Lipinski definition) is 2. The first-order valence-corrected chi connectivity index (χ1v) is 7.60. The molecule has 0 unspecified atom stereocenters. The monoisotopic (exact) mass is 414 g/mol. The van der Waals surface area contributed by atoms with Crippen LogP contribution in [0.1, 0.15) is 10.4 Å². The number of nitrogens with zero attached hydrogens (tertiary/aromatic N) is 1. The molecule has 0 saturated heterocycles. The van der Waals surface area contributed by atoms with Gasteiger partial charge in [-0.2, -0.15) is 0 Å². The van der Waals surface area contributed by atoms with Gasteiger partial charge in [-0.25, -0.2) is 0 Å². The second-order valence-electron chi connectivity index (χ2n) is 4.38. The second-order valence-corrected chi connectivity index (χ2v) is 6.09. The van der Waals surface area contributed by atoms with E-state index >= 15 is 0 Å². The zero-order valence-electron chi connectivity index (χ0n) is 10.9. The number of amides is 1. The van der Waals surface area contributed by atoms with E-state index in [1.165, 1.54) is 11.0 Å². The molecule has 5 nitrogen and oxygen atoms in total.